The molecule has 2 N–H and O–H groups in total. The van der Waals surface area contributed by atoms with Crippen LogP contribution in [0.2, 0.25) is 0 Å². The van der Waals surface area contributed by atoms with E-state index < -0.39 is 35.7 Å². The number of esters is 1. The Hall–Kier alpha value is -1.70. The van der Waals surface area contributed by atoms with Crippen molar-refractivity contribution in [2.75, 3.05) is 18.6 Å². The summed E-state index contributed by atoms with van der Waals surface area (Å²) in [5.74, 6) is 0.393. The van der Waals surface area contributed by atoms with Crippen LogP contribution in [0.4, 0.5) is 4.79 Å². The number of unbranched alkanes of at least 4 members (excludes halogenated alkanes) is 8. The van der Waals surface area contributed by atoms with Crippen molar-refractivity contribution in [1.29, 1.82) is 0 Å². The molecule has 0 fully saturated rings. The van der Waals surface area contributed by atoms with E-state index in [2.05, 4.69) is 30.6 Å². The van der Waals surface area contributed by atoms with Gasteiger partial charge in [0.25, 0.3) is 0 Å². The standard InChI is InChI=1S/C30H56N2O5S/c1-9-10-11-12-13-14-15-16-17-18-24(4)19-20-38-22-26(28(34)36-8)31-27(33)25(21-23(2)3)32-29(35)37-30(5,6)7/h19,23,25-26H,9-18,20-22H2,1-8H3,(H,31,33)(H,32,35)/b24-19+/t25-,26-/m0/s1. The van der Waals surface area contributed by atoms with Crippen LogP contribution in [0.15, 0.2) is 11.6 Å². The molecule has 38 heavy (non-hydrogen) atoms. The molecule has 0 spiro atoms. The fraction of sp³-hybridized carbons (Fsp3) is 0.833. The highest BCUT2D eigenvalue weighted by Crippen LogP contribution is 2.15. The molecule has 0 saturated heterocycles. The SMILES string of the molecule is CCCCCCCCCCC/C(C)=C/CSC[C@H](NC(=O)[C@H](CC(C)C)NC(=O)OC(C)(C)C)C(=O)OC. The first-order valence-electron chi connectivity index (χ1n) is 14.5. The average Bonchev–Trinajstić information content (AvgIpc) is 2.82. The van der Waals surface area contributed by atoms with Crippen LogP contribution < -0.4 is 10.6 Å². The van der Waals surface area contributed by atoms with Crippen LogP contribution in [-0.2, 0) is 19.1 Å². The van der Waals surface area contributed by atoms with Gasteiger partial charge in [0.05, 0.1) is 7.11 Å². The highest BCUT2D eigenvalue weighted by molar-refractivity contribution is 7.99. The normalized spacial score (nSPS) is 13.7. The molecule has 0 rings (SSSR count). The Labute approximate surface area is 237 Å². The summed E-state index contributed by atoms with van der Waals surface area (Å²) >= 11 is 1.58. The third-order valence-corrected chi connectivity index (χ3v) is 7.00. The predicted octanol–water partition coefficient (Wildman–Crippen LogP) is 7.18. The Kier molecular flexibility index (Phi) is 20.2. The molecule has 7 nitrogen and oxygen atoms in total. The number of allylic oxidation sites excluding steroid dienone is 1. The summed E-state index contributed by atoms with van der Waals surface area (Å²) in [6, 6.07) is -1.60. The summed E-state index contributed by atoms with van der Waals surface area (Å²) in [5, 5.41) is 5.42. The number of amides is 2. The zero-order valence-corrected chi connectivity index (χ0v) is 26.3. The van der Waals surface area contributed by atoms with Gasteiger partial charge in [-0.2, -0.15) is 11.8 Å². The molecule has 0 aliphatic heterocycles. The molecule has 0 unspecified atom stereocenters. The van der Waals surface area contributed by atoms with Gasteiger partial charge in [-0.25, -0.2) is 9.59 Å². The summed E-state index contributed by atoms with van der Waals surface area (Å²) in [4.78, 5) is 37.6. The number of thioether (sulfide) groups is 1. The van der Waals surface area contributed by atoms with E-state index in [-0.39, 0.29) is 5.92 Å². The van der Waals surface area contributed by atoms with Gasteiger partial charge in [0.2, 0.25) is 5.91 Å². The quantitative estimate of drug-likeness (QED) is 0.0937. The fourth-order valence-corrected chi connectivity index (χ4v) is 4.93. The number of carbonyl (C=O) groups excluding carboxylic acids is 3. The Morgan fingerprint density at radius 1 is 0.895 bits per heavy atom. The van der Waals surface area contributed by atoms with Gasteiger partial charge in [0, 0.05) is 11.5 Å². The van der Waals surface area contributed by atoms with Crippen molar-refractivity contribution in [3.8, 4) is 0 Å². The van der Waals surface area contributed by atoms with E-state index in [0.29, 0.717) is 12.2 Å². The van der Waals surface area contributed by atoms with E-state index in [9.17, 15) is 14.4 Å². The maximum atomic E-state index is 13.0. The summed E-state index contributed by atoms with van der Waals surface area (Å²) < 4.78 is 10.2. The van der Waals surface area contributed by atoms with Crippen LogP contribution >= 0.6 is 11.8 Å². The maximum Gasteiger partial charge on any atom is 0.408 e. The molecule has 222 valence electrons. The van der Waals surface area contributed by atoms with Crippen LogP contribution in [-0.4, -0.2) is 54.3 Å². The van der Waals surface area contributed by atoms with Gasteiger partial charge in [-0.1, -0.05) is 83.8 Å². The monoisotopic (exact) mass is 556 g/mol. The van der Waals surface area contributed by atoms with Gasteiger partial charge < -0.3 is 20.1 Å². The number of hydrogen-bond acceptors (Lipinski definition) is 6. The lowest BCUT2D eigenvalue weighted by molar-refractivity contribution is -0.144. The van der Waals surface area contributed by atoms with Gasteiger partial charge in [-0.05, 0) is 52.9 Å². The van der Waals surface area contributed by atoms with Crippen LogP contribution in [0.1, 0.15) is 119 Å². The zero-order chi connectivity index (χ0) is 29.0. The molecule has 0 aliphatic carbocycles. The van der Waals surface area contributed by atoms with Crippen LogP contribution in [0, 0.1) is 5.92 Å². The second-order valence-electron chi connectivity index (χ2n) is 11.6. The lowest BCUT2D eigenvalue weighted by atomic mass is 10.0. The number of carbonyl (C=O) groups is 3. The third-order valence-electron chi connectivity index (χ3n) is 6.03. The highest BCUT2D eigenvalue weighted by Gasteiger charge is 2.29. The summed E-state index contributed by atoms with van der Waals surface area (Å²) in [5.41, 5.74) is 0.686. The number of alkyl carbamates (subject to hydrolysis) is 1. The largest absolute Gasteiger partial charge is 0.467 e. The van der Waals surface area contributed by atoms with Crippen molar-refractivity contribution in [3.05, 3.63) is 11.6 Å². The molecule has 2 atom stereocenters. The molecule has 2 amide bonds. The summed E-state index contributed by atoms with van der Waals surface area (Å²) in [6.45, 7) is 13.6. The minimum Gasteiger partial charge on any atom is -0.467 e. The van der Waals surface area contributed by atoms with Crippen molar-refractivity contribution >= 4 is 29.7 Å². The molecular weight excluding hydrogens is 500 g/mol. The molecular formula is C30H56N2O5S. The van der Waals surface area contributed by atoms with Gasteiger partial charge in [-0.15, -0.1) is 0 Å². The molecule has 0 aromatic rings. The Morgan fingerprint density at radius 3 is 2.00 bits per heavy atom. The summed E-state index contributed by atoms with van der Waals surface area (Å²) in [6.07, 6.45) is 15.0. The zero-order valence-electron chi connectivity index (χ0n) is 25.5. The van der Waals surface area contributed by atoms with E-state index in [1.165, 1.54) is 70.5 Å². The van der Waals surface area contributed by atoms with Crippen molar-refractivity contribution < 1.29 is 23.9 Å². The van der Waals surface area contributed by atoms with Crippen molar-refractivity contribution in [2.45, 2.75) is 137 Å². The maximum absolute atomic E-state index is 13.0. The average molecular weight is 557 g/mol. The minimum atomic E-state index is -0.805. The van der Waals surface area contributed by atoms with Crippen LogP contribution in [0.25, 0.3) is 0 Å². The van der Waals surface area contributed by atoms with Gasteiger partial charge in [0.1, 0.15) is 17.7 Å². The fourth-order valence-electron chi connectivity index (χ4n) is 3.94. The lowest BCUT2D eigenvalue weighted by Crippen LogP contribution is -2.53. The topological polar surface area (TPSA) is 93.7 Å². The van der Waals surface area contributed by atoms with Crippen LogP contribution in [0.5, 0.6) is 0 Å². The smallest absolute Gasteiger partial charge is 0.408 e. The Morgan fingerprint density at radius 2 is 1.47 bits per heavy atom. The molecule has 0 aromatic heterocycles. The number of hydrogen-bond donors (Lipinski definition) is 2. The van der Waals surface area contributed by atoms with E-state index in [1.807, 2.05) is 13.8 Å². The summed E-state index contributed by atoms with van der Waals surface area (Å²) in [7, 11) is 1.31. The highest BCUT2D eigenvalue weighted by atomic mass is 32.2. The first kappa shape index (κ1) is 36.3. The molecule has 0 bridgehead atoms. The number of ether oxygens (including phenoxy) is 2. The second kappa shape index (κ2) is 21.2. The predicted molar refractivity (Wildman–Crippen MR) is 159 cm³/mol. The second-order valence-corrected chi connectivity index (χ2v) is 12.7. The molecule has 8 heteroatoms. The van der Waals surface area contributed by atoms with E-state index in [4.69, 9.17) is 9.47 Å². The van der Waals surface area contributed by atoms with E-state index in [0.717, 1.165) is 12.2 Å². The molecule has 0 radical (unpaired) electrons. The first-order chi connectivity index (χ1) is 17.9. The third kappa shape index (κ3) is 20.3. The number of rotatable bonds is 20. The Bertz CT molecular complexity index is 703. The molecule has 0 saturated carbocycles. The number of methoxy groups -OCH3 is 1. The van der Waals surface area contributed by atoms with Gasteiger partial charge in [-0.3, -0.25) is 4.79 Å². The van der Waals surface area contributed by atoms with Crippen molar-refractivity contribution in [2.24, 2.45) is 5.92 Å². The van der Waals surface area contributed by atoms with Crippen LogP contribution in [0.3, 0.4) is 0 Å². The molecule has 0 aromatic carbocycles. The Balaban J connectivity index is 4.62. The van der Waals surface area contributed by atoms with Gasteiger partial charge in [0.15, 0.2) is 0 Å². The van der Waals surface area contributed by atoms with Crippen molar-refractivity contribution in [3.63, 3.8) is 0 Å². The minimum absolute atomic E-state index is 0.158. The number of nitrogens with one attached hydrogen (secondary N) is 2. The van der Waals surface area contributed by atoms with E-state index in [1.54, 1.807) is 32.5 Å². The molecule has 0 aliphatic rings. The first-order valence-corrected chi connectivity index (χ1v) is 15.7. The van der Waals surface area contributed by atoms with Gasteiger partial charge >= 0.3 is 12.1 Å². The molecule has 0 heterocycles. The van der Waals surface area contributed by atoms with Crippen molar-refractivity contribution in [1.82, 2.24) is 10.6 Å². The lowest BCUT2D eigenvalue weighted by Gasteiger charge is -2.25. The van der Waals surface area contributed by atoms with E-state index >= 15 is 0 Å².